The van der Waals surface area contributed by atoms with E-state index in [2.05, 4.69) is 0 Å². The van der Waals surface area contributed by atoms with Gasteiger partial charge in [-0.2, -0.15) is 0 Å². The number of carbonyl (C=O) groups is 3. The molecule has 9 heteroatoms. The van der Waals surface area contributed by atoms with Crippen LogP contribution in [0.2, 0.25) is 0 Å². The van der Waals surface area contributed by atoms with Crippen LogP contribution < -0.4 is 4.90 Å². The summed E-state index contributed by atoms with van der Waals surface area (Å²) in [6, 6.07) is 16.1. The number of aliphatic hydroxyl groups excluding tert-OH is 1. The van der Waals surface area contributed by atoms with Gasteiger partial charge in [0, 0.05) is 17.3 Å². The van der Waals surface area contributed by atoms with Crippen LogP contribution in [0.15, 0.2) is 78.4 Å². The van der Waals surface area contributed by atoms with Crippen LogP contribution in [0.3, 0.4) is 0 Å². The molecular weight excluding hydrogens is 440 g/mol. The fourth-order valence-electron chi connectivity index (χ4n) is 3.93. The highest BCUT2D eigenvalue weighted by molar-refractivity contribution is 6.51. The average Bonchev–Trinajstić information content (AvgIpc) is 3.09. The van der Waals surface area contributed by atoms with Crippen LogP contribution >= 0.6 is 0 Å². The maximum atomic E-state index is 13.2. The Morgan fingerprint density at radius 3 is 2.26 bits per heavy atom. The molecule has 1 unspecified atom stereocenters. The zero-order valence-corrected chi connectivity index (χ0v) is 17.8. The van der Waals surface area contributed by atoms with E-state index in [0.29, 0.717) is 0 Å². The van der Waals surface area contributed by atoms with Crippen LogP contribution in [0.4, 0.5) is 11.4 Å². The molecule has 0 aromatic heterocycles. The molecule has 170 valence electrons. The molecule has 1 fully saturated rings. The molecule has 1 atom stereocenters. The van der Waals surface area contributed by atoms with Crippen molar-refractivity contribution in [1.29, 1.82) is 0 Å². The Morgan fingerprint density at radius 1 is 0.941 bits per heavy atom. The first-order valence-electron chi connectivity index (χ1n) is 10.2. The fourth-order valence-corrected chi connectivity index (χ4v) is 3.93. The van der Waals surface area contributed by atoms with Crippen LogP contribution in [-0.4, -0.2) is 32.8 Å². The summed E-state index contributed by atoms with van der Waals surface area (Å²) < 4.78 is 0. The molecule has 3 aromatic rings. The third-order valence-corrected chi connectivity index (χ3v) is 5.57. The number of aliphatic hydroxyl groups is 1. The molecule has 1 heterocycles. The SMILES string of the molecule is Cc1ccc(/C(O)=C2\C(=O)C(=O)N(c3cccc(C(=O)O)c3)C2c2ccccc2[N+](=O)[O-])cc1. The highest BCUT2D eigenvalue weighted by atomic mass is 16.6. The molecule has 0 radical (unpaired) electrons. The predicted molar refractivity (Wildman–Crippen MR) is 122 cm³/mol. The zero-order chi connectivity index (χ0) is 24.6. The Morgan fingerprint density at radius 2 is 1.62 bits per heavy atom. The molecule has 4 rings (SSSR count). The van der Waals surface area contributed by atoms with Crippen molar-refractivity contribution in [2.24, 2.45) is 0 Å². The molecular formula is C25H18N2O7. The zero-order valence-electron chi connectivity index (χ0n) is 17.8. The van der Waals surface area contributed by atoms with E-state index in [1.54, 1.807) is 24.3 Å². The number of para-hydroxylation sites is 1. The van der Waals surface area contributed by atoms with Gasteiger partial charge in [0.15, 0.2) is 0 Å². The number of nitro groups is 1. The van der Waals surface area contributed by atoms with Gasteiger partial charge < -0.3 is 10.2 Å². The first-order chi connectivity index (χ1) is 16.2. The lowest BCUT2D eigenvalue weighted by Crippen LogP contribution is -2.30. The van der Waals surface area contributed by atoms with Crippen LogP contribution in [0.25, 0.3) is 5.76 Å². The van der Waals surface area contributed by atoms with Gasteiger partial charge in [-0.05, 0) is 31.2 Å². The number of aryl methyl sites for hydroxylation is 1. The topological polar surface area (TPSA) is 138 Å². The highest BCUT2D eigenvalue weighted by Crippen LogP contribution is 2.44. The maximum absolute atomic E-state index is 13.2. The second-order valence-electron chi connectivity index (χ2n) is 7.71. The number of Topliss-reactive ketones (excluding diaryl/α,β-unsaturated/α-hetero) is 1. The number of nitro benzene ring substituents is 1. The number of benzene rings is 3. The van der Waals surface area contributed by atoms with E-state index >= 15 is 0 Å². The number of amides is 1. The summed E-state index contributed by atoms with van der Waals surface area (Å²) in [5.74, 6) is -3.82. The van der Waals surface area contributed by atoms with Crippen LogP contribution in [0.5, 0.6) is 0 Å². The monoisotopic (exact) mass is 458 g/mol. The van der Waals surface area contributed by atoms with Crippen molar-refractivity contribution in [1.82, 2.24) is 0 Å². The highest BCUT2D eigenvalue weighted by Gasteiger charge is 2.49. The Balaban J connectivity index is 2.02. The smallest absolute Gasteiger partial charge is 0.335 e. The van der Waals surface area contributed by atoms with E-state index in [1.807, 2.05) is 6.92 Å². The van der Waals surface area contributed by atoms with Crippen molar-refractivity contribution in [3.8, 4) is 0 Å². The Bertz CT molecular complexity index is 1380. The molecule has 0 aliphatic carbocycles. The Hall–Kier alpha value is -4.79. The third-order valence-electron chi connectivity index (χ3n) is 5.57. The molecule has 2 N–H and O–H groups in total. The lowest BCUT2D eigenvalue weighted by atomic mass is 9.93. The summed E-state index contributed by atoms with van der Waals surface area (Å²) in [5.41, 5.74) is 0.380. The van der Waals surface area contributed by atoms with Crippen molar-refractivity contribution < 1.29 is 29.5 Å². The third kappa shape index (κ3) is 3.79. The first-order valence-corrected chi connectivity index (χ1v) is 10.2. The molecule has 1 amide bonds. The van der Waals surface area contributed by atoms with Crippen molar-refractivity contribution >= 4 is 34.8 Å². The second-order valence-corrected chi connectivity index (χ2v) is 7.71. The van der Waals surface area contributed by atoms with E-state index < -0.39 is 34.4 Å². The number of carbonyl (C=O) groups excluding carboxylic acids is 2. The first kappa shape index (κ1) is 22.4. The number of carboxylic acid groups (broad SMARTS) is 1. The number of hydrogen-bond donors (Lipinski definition) is 2. The molecule has 1 aliphatic rings. The summed E-state index contributed by atoms with van der Waals surface area (Å²) in [6.45, 7) is 1.84. The van der Waals surface area contributed by atoms with Gasteiger partial charge in [0.25, 0.3) is 17.4 Å². The molecule has 34 heavy (non-hydrogen) atoms. The Labute approximate surface area is 193 Å². The van der Waals surface area contributed by atoms with Crippen molar-refractivity contribution in [3.63, 3.8) is 0 Å². The molecule has 9 nitrogen and oxygen atoms in total. The number of ketones is 1. The number of hydrogen-bond acceptors (Lipinski definition) is 6. The standard InChI is InChI=1S/C25H18N2O7/c1-14-9-11-15(12-10-14)22(28)20-21(18-7-2-3-8-19(18)27(33)34)26(24(30)23(20)29)17-6-4-5-16(13-17)25(31)32/h2-13,21,28H,1H3,(H,31,32)/b22-20+. The molecule has 1 aliphatic heterocycles. The molecule has 0 bridgehead atoms. The number of carboxylic acids is 1. The summed E-state index contributed by atoms with van der Waals surface area (Å²) in [7, 11) is 0. The second kappa shape index (κ2) is 8.62. The van der Waals surface area contributed by atoms with Gasteiger partial charge >= 0.3 is 5.97 Å². The quantitative estimate of drug-likeness (QED) is 0.192. The number of nitrogens with zero attached hydrogens (tertiary/aromatic N) is 2. The molecule has 0 spiro atoms. The van der Waals surface area contributed by atoms with Gasteiger partial charge in [0.05, 0.1) is 21.6 Å². The van der Waals surface area contributed by atoms with Gasteiger partial charge in [-0.3, -0.25) is 24.6 Å². The van der Waals surface area contributed by atoms with Gasteiger partial charge in [-0.15, -0.1) is 0 Å². The van der Waals surface area contributed by atoms with Crippen molar-refractivity contribution in [2.45, 2.75) is 13.0 Å². The van der Waals surface area contributed by atoms with Gasteiger partial charge in [-0.1, -0.05) is 48.0 Å². The summed E-state index contributed by atoms with van der Waals surface area (Å²) in [4.78, 5) is 49.9. The fraction of sp³-hybridized carbons (Fsp3) is 0.0800. The van der Waals surface area contributed by atoms with E-state index in [-0.39, 0.29) is 33.6 Å². The van der Waals surface area contributed by atoms with Gasteiger partial charge in [0.2, 0.25) is 0 Å². The van der Waals surface area contributed by atoms with Gasteiger partial charge in [0.1, 0.15) is 11.8 Å². The largest absolute Gasteiger partial charge is 0.507 e. The summed E-state index contributed by atoms with van der Waals surface area (Å²) in [5, 5.41) is 32.2. The predicted octanol–water partition coefficient (Wildman–Crippen LogP) is 4.23. The summed E-state index contributed by atoms with van der Waals surface area (Å²) >= 11 is 0. The van der Waals surface area contributed by atoms with Gasteiger partial charge in [-0.25, -0.2) is 4.79 Å². The average molecular weight is 458 g/mol. The minimum Gasteiger partial charge on any atom is -0.507 e. The van der Waals surface area contributed by atoms with E-state index in [4.69, 9.17) is 0 Å². The minimum absolute atomic E-state index is 0.00101. The van der Waals surface area contributed by atoms with E-state index in [0.717, 1.165) is 10.5 Å². The van der Waals surface area contributed by atoms with Crippen molar-refractivity contribution in [2.75, 3.05) is 4.90 Å². The minimum atomic E-state index is -1.35. The van der Waals surface area contributed by atoms with Crippen LogP contribution in [0.1, 0.15) is 33.1 Å². The maximum Gasteiger partial charge on any atom is 0.335 e. The lowest BCUT2D eigenvalue weighted by molar-refractivity contribution is -0.385. The molecule has 3 aromatic carbocycles. The normalized spacial score (nSPS) is 17.1. The number of aromatic carboxylic acids is 1. The van der Waals surface area contributed by atoms with Crippen LogP contribution in [0, 0.1) is 17.0 Å². The lowest BCUT2D eigenvalue weighted by Gasteiger charge is -2.25. The Kier molecular flexibility index (Phi) is 5.68. The van der Waals surface area contributed by atoms with Crippen molar-refractivity contribution in [3.05, 3.63) is 111 Å². The van der Waals surface area contributed by atoms with E-state index in [9.17, 15) is 34.7 Å². The van der Waals surface area contributed by atoms with E-state index in [1.165, 1.54) is 48.5 Å². The number of rotatable bonds is 5. The van der Waals surface area contributed by atoms with Crippen LogP contribution in [-0.2, 0) is 9.59 Å². The summed E-state index contributed by atoms with van der Waals surface area (Å²) in [6.07, 6.45) is 0. The molecule has 0 saturated carbocycles. The molecule has 1 saturated heterocycles. The number of anilines is 1.